The molecule has 0 aromatic heterocycles. The number of urea groups is 1. The van der Waals surface area contributed by atoms with E-state index in [0.29, 0.717) is 31.2 Å². The van der Waals surface area contributed by atoms with Gasteiger partial charge in [0.25, 0.3) is 0 Å². The lowest BCUT2D eigenvalue weighted by molar-refractivity contribution is -0.127. The van der Waals surface area contributed by atoms with Crippen molar-refractivity contribution >= 4 is 11.8 Å². The molecule has 1 saturated heterocycles. The van der Waals surface area contributed by atoms with Crippen LogP contribution in [0.2, 0.25) is 0 Å². The zero-order chi connectivity index (χ0) is 12.3. The molecule has 2 amide bonds. The first-order valence-corrected chi connectivity index (χ1v) is 5.98. The number of nitrogens with zero attached hydrogens (tertiary/aromatic N) is 1. The molecular weight excluding hydrogens is 204 g/mol. The molecule has 0 aromatic rings. The van der Waals surface area contributed by atoms with Crippen molar-refractivity contribution in [1.82, 2.24) is 10.2 Å². The van der Waals surface area contributed by atoms with Gasteiger partial charge in [-0.05, 0) is 19.8 Å². The van der Waals surface area contributed by atoms with Crippen molar-refractivity contribution in [3.8, 4) is 0 Å². The van der Waals surface area contributed by atoms with Crippen molar-refractivity contribution in [1.29, 1.82) is 0 Å². The van der Waals surface area contributed by atoms with Crippen molar-refractivity contribution < 1.29 is 9.59 Å². The van der Waals surface area contributed by atoms with Gasteiger partial charge >= 0.3 is 6.03 Å². The second-order valence-corrected chi connectivity index (χ2v) is 5.27. The van der Waals surface area contributed by atoms with E-state index in [1.807, 2.05) is 27.7 Å². The minimum atomic E-state index is -0.0522. The normalized spacial score (nSPS) is 16.5. The first-order chi connectivity index (χ1) is 7.40. The minimum Gasteiger partial charge on any atom is -0.336 e. The van der Waals surface area contributed by atoms with E-state index in [9.17, 15) is 9.59 Å². The fraction of sp³-hybridized carbons (Fsp3) is 0.833. The van der Waals surface area contributed by atoms with E-state index in [4.69, 9.17) is 0 Å². The van der Waals surface area contributed by atoms with Gasteiger partial charge in [-0.25, -0.2) is 4.79 Å². The van der Waals surface area contributed by atoms with E-state index in [-0.39, 0.29) is 18.0 Å². The Kier molecular flexibility index (Phi) is 4.33. The minimum absolute atomic E-state index is 0.0522. The molecule has 4 heteroatoms. The van der Waals surface area contributed by atoms with Crippen LogP contribution in [0.25, 0.3) is 0 Å². The van der Waals surface area contributed by atoms with Crippen molar-refractivity contribution in [2.45, 2.75) is 40.2 Å². The number of rotatable bonds is 4. The summed E-state index contributed by atoms with van der Waals surface area (Å²) in [7, 11) is 0. The zero-order valence-corrected chi connectivity index (χ0v) is 10.6. The lowest BCUT2D eigenvalue weighted by Crippen LogP contribution is -2.57. The summed E-state index contributed by atoms with van der Waals surface area (Å²) in [6.07, 6.45) is 0.629. The van der Waals surface area contributed by atoms with Gasteiger partial charge in [-0.1, -0.05) is 13.8 Å². The van der Waals surface area contributed by atoms with Crippen LogP contribution in [-0.2, 0) is 4.79 Å². The van der Waals surface area contributed by atoms with Gasteiger partial charge in [-0.2, -0.15) is 0 Å². The van der Waals surface area contributed by atoms with Gasteiger partial charge in [0.05, 0.1) is 5.92 Å². The molecule has 0 spiro atoms. The maximum absolute atomic E-state index is 11.7. The monoisotopic (exact) mass is 226 g/mol. The molecule has 1 fully saturated rings. The van der Waals surface area contributed by atoms with Crippen molar-refractivity contribution in [3.05, 3.63) is 0 Å². The average molecular weight is 226 g/mol. The van der Waals surface area contributed by atoms with E-state index in [1.165, 1.54) is 0 Å². The van der Waals surface area contributed by atoms with Gasteiger partial charge < -0.3 is 10.2 Å². The summed E-state index contributed by atoms with van der Waals surface area (Å²) < 4.78 is 0. The number of carbonyl (C=O) groups is 2. The van der Waals surface area contributed by atoms with Gasteiger partial charge in [-0.3, -0.25) is 4.79 Å². The predicted molar refractivity (Wildman–Crippen MR) is 63.2 cm³/mol. The van der Waals surface area contributed by atoms with Crippen LogP contribution in [0.3, 0.4) is 0 Å². The highest BCUT2D eigenvalue weighted by atomic mass is 16.2. The highest BCUT2D eigenvalue weighted by Crippen LogP contribution is 2.19. The zero-order valence-electron chi connectivity index (χ0n) is 10.6. The van der Waals surface area contributed by atoms with Crippen LogP contribution >= 0.6 is 0 Å². The molecule has 4 nitrogen and oxygen atoms in total. The van der Waals surface area contributed by atoms with Crippen LogP contribution in [0.5, 0.6) is 0 Å². The first-order valence-electron chi connectivity index (χ1n) is 5.98. The molecule has 0 saturated carbocycles. The molecule has 0 radical (unpaired) electrons. The van der Waals surface area contributed by atoms with Crippen LogP contribution < -0.4 is 5.32 Å². The standard InChI is InChI=1S/C12H22N2O2/c1-8(2)5-11(15)10-6-14(7-10)12(16)13-9(3)4/h8-10H,5-7H2,1-4H3,(H,13,16). The van der Waals surface area contributed by atoms with E-state index in [2.05, 4.69) is 5.32 Å². The Balaban J connectivity index is 2.27. The molecule has 0 aliphatic carbocycles. The molecule has 0 aromatic carbocycles. The van der Waals surface area contributed by atoms with Crippen molar-refractivity contribution in [2.24, 2.45) is 11.8 Å². The lowest BCUT2D eigenvalue weighted by Gasteiger charge is -2.38. The molecule has 1 aliphatic heterocycles. The molecule has 1 heterocycles. The Morgan fingerprint density at radius 3 is 2.25 bits per heavy atom. The summed E-state index contributed by atoms with van der Waals surface area (Å²) >= 11 is 0. The SMILES string of the molecule is CC(C)CC(=O)C1CN(C(=O)NC(C)C)C1. The Morgan fingerprint density at radius 1 is 1.25 bits per heavy atom. The number of nitrogens with one attached hydrogen (secondary N) is 1. The topological polar surface area (TPSA) is 49.4 Å². The summed E-state index contributed by atoms with van der Waals surface area (Å²) in [6, 6.07) is 0.0986. The Bertz CT molecular complexity index is 242. The number of hydrogen-bond donors (Lipinski definition) is 1. The van der Waals surface area contributed by atoms with Crippen LogP contribution in [0.15, 0.2) is 0 Å². The van der Waals surface area contributed by atoms with Gasteiger partial charge in [0.15, 0.2) is 0 Å². The number of likely N-dealkylation sites (tertiary alicyclic amines) is 1. The Labute approximate surface area is 97.4 Å². The highest BCUT2D eigenvalue weighted by Gasteiger charge is 2.35. The van der Waals surface area contributed by atoms with Crippen LogP contribution in [-0.4, -0.2) is 35.8 Å². The molecule has 0 atom stereocenters. The summed E-state index contributed by atoms with van der Waals surface area (Å²) in [5.74, 6) is 0.773. The molecule has 0 unspecified atom stereocenters. The third-order valence-electron chi connectivity index (χ3n) is 2.65. The maximum Gasteiger partial charge on any atom is 0.317 e. The van der Waals surface area contributed by atoms with Gasteiger partial charge in [0.1, 0.15) is 5.78 Å². The Morgan fingerprint density at radius 2 is 1.81 bits per heavy atom. The molecule has 1 aliphatic rings. The number of hydrogen-bond acceptors (Lipinski definition) is 2. The van der Waals surface area contributed by atoms with Crippen LogP contribution in [0.4, 0.5) is 4.79 Å². The highest BCUT2D eigenvalue weighted by molar-refractivity contribution is 5.85. The summed E-state index contributed by atoms with van der Waals surface area (Å²) in [6.45, 7) is 9.12. The molecule has 1 N–H and O–H groups in total. The third-order valence-corrected chi connectivity index (χ3v) is 2.65. The molecule has 92 valence electrons. The van der Waals surface area contributed by atoms with Gasteiger partial charge in [0.2, 0.25) is 0 Å². The fourth-order valence-corrected chi connectivity index (χ4v) is 1.76. The number of Topliss-reactive ketones (excluding diaryl/α,β-unsaturated/α-hetero) is 1. The Hall–Kier alpha value is -1.06. The van der Waals surface area contributed by atoms with E-state index in [1.54, 1.807) is 4.90 Å². The van der Waals surface area contributed by atoms with Crippen LogP contribution in [0.1, 0.15) is 34.1 Å². The lowest BCUT2D eigenvalue weighted by atomic mass is 9.90. The average Bonchev–Trinajstić information content (AvgIpc) is 1.96. The third kappa shape index (κ3) is 3.51. The molecule has 16 heavy (non-hydrogen) atoms. The summed E-state index contributed by atoms with van der Waals surface area (Å²) in [5.41, 5.74) is 0. The molecule has 0 bridgehead atoms. The summed E-state index contributed by atoms with van der Waals surface area (Å²) in [4.78, 5) is 24.9. The number of carbonyl (C=O) groups excluding carboxylic acids is 2. The molecular formula is C12H22N2O2. The number of ketones is 1. The largest absolute Gasteiger partial charge is 0.336 e. The van der Waals surface area contributed by atoms with Crippen molar-refractivity contribution in [3.63, 3.8) is 0 Å². The van der Waals surface area contributed by atoms with Crippen molar-refractivity contribution in [2.75, 3.05) is 13.1 Å². The van der Waals surface area contributed by atoms with Gasteiger partial charge in [0, 0.05) is 25.6 Å². The quantitative estimate of drug-likeness (QED) is 0.792. The second-order valence-electron chi connectivity index (χ2n) is 5.27. The summed E-state index contributed by atoms with van der Waals surface area (Å²) in [5, 5.41) is 2.82. The smallest absolute Gasteiger partial charge is 0.317 e. The van der Waals surface area contributed by atoms with E-state index < -0.39 is 0 Å². The van der Waals surface area contributed by atoms with Gasteiger partial charge in [-0.15, -0.1) is 0 Å². The second kappa shape index (κ2) is 5.32. The fourth-order valence-electron chi connectivity index (χ4n) is 1.76. The maximum atomic E-state index is 11.7. The predicted octanol–water partition coefficient (Wildman–Crippen LogP) is 1.65. The van der Waals surface area contributed by atoms with E-state index >= 15 is 0 Å². The first kappa shape index (κ1) is 13.0. The molecule has 1 rings (SSSR count). The number of amides is 2. The van der Waals surface area contributed by atoms with E-state index in [0.717, 1.165) is 0 Å². The van der Waals surface area contributed by atoms with Crippen LogP contribution in [0, 0.1) is 11.8 Å².